The maximum atomic E-state index is 13.0. The molecule has 1 amide bonds. The van der Waals surface area contributed by atoms with E-state index in [-0.39, 0.29) is 17.9 Å². The number of carbonyl (C=O) groups is 1. The molecule has 1 saturated heterocycles. The fourth-order valence-corrected chi connectivity index (χ4v) is 4.60. The van der Waals surface area contributed by atoms with Gasteiger partial charge in [0.2, 0.25) is 5.91 Å². The van der Waals surface area contributed by atoms with Crippen molar-refractivity contribution in [2.24, 2.45) is 0 Å². The topological polar surface area (TPSA) is 47.4 Å². The highest BCUT2D eigenvalue weighted by atomic mass is 16.5. The highest BCUT2D eigenvalue weighted by Gasteiger charge is 2.36. The molecule has 5 nitrogen and oxygen atoms in total. The molecule has 1 aliphatic heterocycles. The van der Waals surface area contributed by atoms with Crippen LogP contribution in [0.25, 0.3) is 11.0 Å². The fraction of sp³-hybridized carbons (Fsp3) is 0.231. The molecule has 156 valence electrons. The van der Waals surface area contributed by atoms with Crippen LogP contribution in [-0.2, 0) is 4.79 Å². The zero-order valence-corrected chi connectivity index (χ0v) is 17.7. The Kier molecular flexibility index (Phi) is 4.94. The van der Waals surface area contributed by atoms with Crippen molar-refractivity contribution in [3.8, 4) is 5.75 Å². The molecular weight excluding hydrogens is 386 g/mol. The van der Waals surface area contributed by atoms with Crippen LogP contribution in [-0.4, -0.2) is 29.1 Å². The number of ether oxygens (including phenoxy) is 1. The van der Waals surface area contributed by atoms with Gasteiger partial charge in [-0.25, -0.2) is 4.98 Å². The largest absolute Gasteiger partial charge is 0.495 e. The lowest BCUT2D eigenvalue weighted by molar-refractivity contribution is -0.117. The first-order chi connectivity index (χ1) is 15.2. The minimum absolute atomic E-state index is 0.0102. The SMILES string of the molecule is COc1ccccc1N1C[C@H](c2nc3ccccc3n2[C@H](C)c2ccccc2)CC1=O. The molecule has 31 heavy (non-hydrogen) atoms. The van der Waals surface area contributed by atoms with Crippen molar-refractivity contribution in [2.75, 3.05) is 18.6 Å². The van der Waals surface area contributed by atoms with Crippen molar-refractivity contribution in [3.63, 3.8) is 0 Å². The zero-order chi connectivity index (χ0) is 21.4. The number of para-hydroxylation sites is 4. The van der Waals surface area contributed by atoms with E-state index in [4.69, 9.17) is 9.72 Å². The number of rotatable bonds is 5. The van der Waals surface area contributed by atoms with Crippen LogP contribution in [0.3, 0.4) is 0 Å². The summed E-state index contributed by atoms with van der Waals surface area (Å²) in [4.78, 5) is 19.9. The van der Waals surface area contributed by atoms with Crippen molar-refractivity contribution in [1.82, 2.24) is 9.55 Å². The number of imidazole rings is 1. The van der Waals surface area contributed by atoms with E-state index in [1.54, 1.807) is 7.11 Å². The highest BCUT2D eigenvalue weighted by molar-refractivity contribution is 5.97. The average molecular weight is 412 g/mol. The van der Waals surface area contributed by atoms with Gasteiger partial charge in [-0.05, 0) is 36.8 Å². The minimum Gasteiger partial charge on any atom is -0.495 e. The second-order valence-electron chi connectivity index (χ2n) is 7.99. The van der Waals surface area contributed by atoms with Crippen LogP contribution >= 0.6 is 0 Å². The van der Waals surface area contributed by atoms with E-state index in [2.05, 4.69) is 41.8 Å². The van der Waals surface area contributed by atoms with Gasteiger partial charge in [0.1, 0.15) is 11.6 Å². The van der Waals surface area contributed by atoms with Crippen molar-refractivity contribution in [1.29, 1.82) is 0 Å². The second-order valence-corrected chi connectivity index (χ2v) is 7.99. The Morgan fingerprint density at radius 2 is 1.68 bits per heavy atom. The smallest absolute Gasteiger partial charge is 0.227 e. The maximum absolute atomic E-state index is 13.0. The van der Waals surface area contributed by atoms with Gasteiger partial charge < -0.3 is 14.2 Å². The molecule has 3 aromatic carbocycles. The van der Waals surface area contributed by atoms with Gasteiger partial charge >= 0.3 is 0 Å². The molecule has 0 saturated carbocycles. The molecule has 0 bridgehead atoms. The Morgan fingerprint density at radius 1 is 0.968 bits per heavy atom. The predicted octanol–water partition coefficient (Wildman–Crippen LogP) is 5.17. The summed E-state index contributed by atoms with van der Waals surface area (Å²) in [7, 11) is 1.64. The van der Waals surface area contributed by atoms with Crippen LogP contribution < -0.4 is 9.64 Å². The van der Waals surface area contributed by atoms with Crippen molar-refractivity contribution < 1.29 is 9.53 Å². The first-order valence-electron chi connectivity index (χ1n) is 10.6. The van der Waals surface area contributed by atoms with Gasteiger partial charge in [0.05, 0.1) is 29.9 Å². The fourth-order valence-electron chi connectivity index (χ4n) is 4.60. The maximum Gasteiger partial charge on any atom is 0.227 e. The quantitative estimate of drug-likeness (QED) is 0.455. The number of benzene rings is 3. The highest BCUT2D eigenvalue weighted by Crippen LogP contribution is 2.38. The van der Waals surface area contributed by atoms with Crippen LogP contribution in [0.5, 0.6) is 5.75 Å². The summed E-state index contributed by atoms with van der Waals surface area (Å²) in [5.74, 6) is 1.78. The van der Waals surface area contributed by atoms with Crippen molar-refractivity contribution in [2.45, 2.75) is 25.3 Å². The van der Waals surface area contributed by atoms with Gasteiger partial charge in [-0.15, -0.1) is 0 Å². The molecule has 1 fully saturated rings. The lowest BCUT2D eigenvalue weighted by atomic mass is 10.0. The van der Waals surface area contributed by atoms with Crippen LogP contribution in [0.1, 0.15) is 36.7 Å². The van der Waals surface area contributed by atoms with Crippen molar-refractivity contribution in [3.05, 3.63) is 90.3 Å². The normalized spacial score (nSPS) is 17.3. The summed E-state index contributed by atoms with van der Waals surface area (Å²) in [5, 5.41) is 0. The molecule has 0 aliphatic carbocycles. The summed E-state index contributed by atoms with van der Waals surface area (Å²) in [6.07, 6.45) is 0.433. The summed E-state index contributed by atoms with van der Waals surface area (Å²) < 4.78 is 7.80. The molecule has 4 aromatic rings. The molecule has 0 unspecified atom stereocenters. The molecule has 2 atom stereocenters. The summed E-state index contributed by atoms with van der Waals surface area (Å²) >= 11 is 0. The average Bonchev–Trinajstić information content (AvgIpc) is 3.39. The number of nitrogens with zero attached hydrogens (tertiary/aromatic N) is 3. The van der Waals surface area contributed by atoms with E-state index in [1.807, 2.05) is 53.4 Å². The molecule has 1 aliphatic rings. The van der Waals surface area contributed by atoms with Gasteiger partial charge in [-0.2, -0.15) is 0 Å². The number of anilines is 1. The lowest BCUT2D eigenvalue weighted by Gasteiger charge is -2.22. The predicted molar refractivity (Wildman–Crippen MR) is 123 cm³/mol. The summed E-state index contributed by atoms with van der Waals surface area (Å²) in [6.45, 7) is 2.78. The number of amides is 1. The first kappa shape index (κ1) is 19.4. The number of fused-ring (bicyclic) bond motifs is 1. The Hall–Kier alpha value is -3.60. The van der Waals surface area contributed by atoms with E-state index in [0.717, 1.165) is 22.5 Å². The van der Waals surface area contributed by atoms with Gasteiger partial charge in [0, 0.05) is 18.9 Å². The van der Waals surface area contributed by atoms with E-state index < -0.39 is 0 Å². The van der Waals surface area contributed by atoms with E-state index in [1.165, 1.54) is 5.56 Å². The molecule has 5 heteroatoms. The zero-order valence-electron chi connectivity index (χ0n) is 17.7. The number of hydrogen-bond acceptors (Lipinski definition) is 3. The lowest BCUT2D eigenvalue weighted by Crippen LogP contribution is -2.25. The van der Waals surface area contributed by atoms with Gasteiger partial charge in [0.25, 0.3) is 0 Å². The van der Waals surface area contributed by atoms with Crippen LogP contribution in [0.2, 0.25) is 0 Å². The molecule has 1 aromatic heterocycles. The van der Waals surface area contributed by atoms with Crippen LogP contribution in [0, 0.1) is 0 Å². The Bertz CT molecular complexity index is 1230. The number of aromatic nitrogens is 2. The molecule has 0 radical (unpaired) electrons. The molecule has 0 spiro atoms. The molecular formula is C26H25N3O2. The van der Waals surface area contributed by atoms with E-state index in [9.17, 15) is 4.79 Å². The van der Waals surface area contributed by atoms with Gasteiger partial charge in [-0.3, -0.25) is 4.79 Å². The standard InChI is InChI=1S/C26H25N3O2/c1-18(19-10-4-3-5-11-19)29-22-13-7-6-12-21(22)27-26(29)20-16-25(30)28(17-20)23-14-8-9-15-24(23)31-2/h3-15,18,20H,16-17H2,1-2H3/t18-,20-/m1/s1. The third kappa shape index (κ3) is 3.36. The second kappa shape index (κ2) is 7.91. The Labute approximate surface area is 181 Å². The van der Waals surface area contributed by atoms with Crippen LogP contribution in [0.4, 0.5) is 5.69 Å². The van der Waals surface area contributed by atoms with Crippen LogP contribution in [0.15, 0.2) is 78.9 Å². The van der Waals surface area contributed by atoms with Gasteiger partial charge in [0.15, 0.2) is 0 Å². The summed E-state index contributed by atoms with van der Waals surface area (Å²) in [6, 6.07) is 26.4. The van der Waals surface area contributed by atoms with Gasteiger partial charge in [-0.1, -0.05) is 54.6 Å². The number of hydrogen-bond donors (Lipinski definition) is 0. The Morgan fingerprint density at radius 3 is 2.48 bits per heavy atom. The minimum atomic E-state index is 0.0102. The molecule has 5 rings (SSSR count). The third-order valence-electron chi connectivity index (χ3n) is 6.16. The summed E-state index contributed by atoms with van der Waals surface area (Å²) in [5.41, 5.74) is 4.09. The van der Waals surface area contributed by atoms with E-state index >= 15 is 0 Å². The van der Waals surface area contributed by atoms with E-state index in [0.29, 0.717) is 18.7 Å². The first-order valence-corrected chi connectivity index (χ1v) is 10.6. The molecule has 0 N–H and O–H groups in total. The Balaban J connectivity index is 1.57. The third-order valence-corrected chi connectivity index (χ3v) is 6.16. The number of carbonyl (C=O) groups excluding carboxylic acids is 1. The number of methoxy groups -OCH3 is 1. The monoisotopic (exact) mass is 411 g/mol. The molecule has 2 heterocycles. The van der Waals surface area contributed by atoms with Crippen molar-refractivity contribution >= 4 is 22.6 Å².